The Hall–Kier alpha value is -1.71. The molecule has 0 aliphatic carbocycles. The molecule has 1 aromatic carbocycles. The third kappa shape index (κ3) is 1.66. The number of rotatable bonds is 3. The Morgan fingerprint density at radius 3 is 2.67 bits per heavy atom. The minimum absolute atomic E-state index is 0.254. The van der Waals surface area contributed by atoms with Crippen LogP contribution in [0.4, 0.5) is 11.4 Å². The fourth-order valence-corrected chi connectivity index (χ4v) is 0.900. The second kappa shape index (κ2) is 3.61. The van der Waals surface area contributed by atoms with E-state index in [0.717, 1.165) is 0 Å². The van der Waals surface area contributed by atoms with Crippen molar-refractivity contribution in [1.82, 2.24) is 0 Å². The van der Waals surface area contributed by atoms with Gasteiger partial charge in [0.15, 0.2) is 0 Å². The van der Waals surface area contributed by atoms with Crippen molar-refractivity contribution in [3.8, 4) is 0 Å². The van der Waals surface area contributed by atoms with Crippen LogP contribution in [0.5, 0.6) is 0 Å². The van der Waals surface area contributed by atoms with E-state index in [9.17, 15) is 9.70 Å². The summed E-state index contributed by atoms with van der Waals surface area (Å²) in [6, 6.07) is 4.64. The Labute approximate surface area is 69.6 Å². The van der Waals surface area contributed by atoms with E-state index in [2.05, 4.69) is 10.5 Å². The maximum Gasteiger partial charge on any atom is 0.150 e. The van der Waals surface area contributed by atoms with Crippen molar-refractivity contribution in [2.75, 3.05) is 12.4 Å². The first-order chi connectivity index (χ1) is 5.80. The van der Waals surface area contributed by atoms with Crippen LogP contribution in [-0.2, 0) is 0 Å². The fourth-order valence-electron chi connectivity index (χ4n) is 0.900. The van der Waals surface area contributed by atoms with E-state index in [1.807, 2.05) is 0 Å². The lowest BCUT2D eigenvalue weighted by Gasteiger charge is -2.00. The number of benzene rings is 1. The highest BCUT2D eigenvalue weighted by atomic mass is 16.3. The monoisotopic (exact) mass is 164 g/mol. The maximum atomic E-state index is 10.4. The van der Waals surface area contributed by atoms with Gasteiger partial charge in [-0.05, 0) is 23.4 Å². The highest BCUT2D eigenvalue weighted by molar-refractivity contribution is 5.79. The molecule has 0 bridgehead atoms. The van der Waals surface area contributed by atoms with Crippen LogP contribution in [0.2, 0.25) is 0 Å². The van der Waals surface area contributed by atoms with Gasteiger partial charge in [0.05, 0.1) is 0 Å². The number of hydrogen-bond donors (Lipinski definition) is 1. The molecule has 0 aliphatic heterocycles. The summed E-state index contributed by atoms with van der Waals surface area (Å²) in [4.78, 5) is 20.5. The molecule has 62 valence electrons. The molecule has 0 aliphatic rings. The predicted molar refractivity (Wildman–Crippen MR) is 46.8 cm³/mol. The number of aldehydes is 1. The highest BCUT2D eigenvalue weighted by Crippen LogP contribution is 2.19. The molecule has 12 heavy (non-hydrogen) atoms. The number of anilines is 1. The molecular weight excluding hydrogens is 156 g/mol. The molecule has 4 nitrogen and oxygen atoms in total. The van der Waals surface area contributed by atoms with Gasteiger partial charge >= 0.3 is 0 Å². The Morgan fingerprint density at radius 2 is 2.17 bits per heavy atom. The standard InChI is InChI=1S/C8H8N2O2/c1-9-7-2-6(5-11)3-8(4-7)10-12/h2-5,9H,1H3. The summed E-state index contributed by atoms with van der Waals surface area (Å²) >= 11 is 0. The third-order valence-electron chi connectivity index (χ3n) is 1.47. The molecule has 0 fully saturated rings. The van der Waals surface area contributed by atoms with E-state index in [1.54, 1.807) is 19.2 Å². The molecule has 0 saturated carbocycles. The van der Waals surface area contributed by atoms with Crippen molar-refractivity contribution in [1.29, 1.82) is 0 Å². The van der Waals surface area contributed by atoms with Crippen molar-refractivity contribution < 1.29 is 4.79 Å². The largest absolute Gasteiger partial charge is 0.388 e. The molecule has 0 unspecified atom stereocenters. The molecule has 0 atom stereocenters. The summed E-state index contributed by atoms with van der Waals surface area (Å²) in [5.41, 5.74) is 1.40. The number of carbonyl (C=O) groups excluding carboxylic acids is 1. The molecule has 0 spiro atoms. The maximum absolute atomic E-state index is 10.4. The van der Waals surface area contributed by atoms with E-state index in [4.69, 9.17) is 0 Å². The van der Waals surface area contributed by atoms with Gasteiger partial charge in [-0.25, -0.2) is 0 Å². The molecule has 1 rings (SSSR count). The van der Waals surface area contributed by atoms with Crippen LogP contribution in [0, 0.1) is 4.91 Å². The molecule has 0 aromatic heterocycles. The van der Waals surface area contributed by atoms with E-state index in [0.29, 0.717) is 17.5 Å². The van der Waals surface area contributed by atoms with Crippen LogP contribution in [-0.4, -0.2) is 13.3 Å². The lowest BCUT2D eigenvalue weighted by molar-refractivity contribution is 0.112. The highest BCUT2D eigenvalue weighted by Gasteiger charge is 1.98. The van der Waals surface area contributed by atoms with Gasteiger partial charge in [0.2, 0.25) is 0 Å². The van der Waals surface area contributed by atoms with E-state index < -0.39 is 0 Å². The van der Waals surface area contributed by atoms with Crippen LogP contribution in [0.3, 0.4) is 0 Å². The van der Waals surface area contributed by atoms with Crippen LogP contribution in [0.15, 0.2) is 23.4 Å². The minimum atomic E-state index is 0.254. The first-order valence-corrected chi connectivity index (χ1v) is 3.41. The number of hydrogen-bond acceptors (Lipinski definition) is 4. The van der Waals surface area contributed by atoms with Crippen LogP contribution < -0.4 is 5.32 Å². The Kier molecular flexibility index (Phi) is 2.53. The quantitative estimate of drug-likeness (QED) is 0.548. The van der Waals surface area contributed by atoms with Gasteiger partial charge in [-0.3, -0.25) is 4.79 Å². The lowest BCUT2D eigenvalue weighted by Crippen LogP contribution is -1.89. The Morgan fingerprint density at radius 1 is 1.42 bits per heavy atom. The summed E-state index contributed by atoms with van der Waals surface area (Å²) < 4.78 is 0. The van der Waals surface area contributed by atoms with Gasteiger partial charge in [-0.1, -0.05) is 0 Å². The van der Waals surface area contributed by atoms with Gasteiger partial charge in [0.25, 0.3) is 0 Å². The number of nitroso groups, excluding NO2 is 1. The average Bonchev–Trinajstić information content (AvgIpc) is 2.16. The second-order valence-corrected chi connectivity index (χ2v) is 2.27. The van der Waals surface area contributed by atoms with Crippen molar-refractivity contribution in [2.24, 2.45) is 5.18 Å². The molecular formula is C8H8N2O2. The van der Waals surface area contributed by atoms with Gasteiger partial charge in [0.1, 0.15) is 12.0 Å². The Balaban J connectivity index is 3.18. The second-order valence-electron chi connectivity index (χ2n) is 2.27. The normalized spacial score (nSPS) is 9.08. The van der Waals surface area contributed by atoms with Gasteiger partial charge in [-0.2, -0.15) is 0 Å². The molecule has 1 N–H and O–H groups in total. The SMILES string of the molecule is CNc1cc(C=O)cc(N=O)c1. The molecule has 0 heterocycles. The topological polar surface area (TPSA) is 58.5 Å². The molecule has 0 saturated heterocycles. The Bertz CT molecular complexity index is 284. The summed E-state index contributed by atoms with van der Waals surface area (Å²) in [6.45, 7) is 0. The predicted octanol–water partition coefficient (Wildman–Crippen LogP) is 1.94. The molecule has 1 aromatic rings. The summed E-state index contributed by atoms with van der Waals surface area (Å²) in [6.07, 6.45) is 0.676. The van der Waals surface area contributed by atoms with Crippen LogP contribution >= 0.6 is 0 Å². The van der Waals surface area contributed by atoms with Crippen molar-refractivity contribution in [3.05, 3.63) is 28.7 Å². The van der Waals surface area contributed by atoms with Crippen molar-refractivity contribution >= 4 is 17.7 Å². The van der Waals surface area contributed by atoms with Gasteiger partial charge in [0, 0.05) is 18.3 Å². The molecule has 0 radical (unpaired) electrons. The zero-order valence-electron chi connectivity index (χ0n) is 6.57. The summed E-state index contributed by atoms with van der Waals surface area (Å²) in [5, 5.41) is 5.56. The number of nitrogens with zero attached hydrogens (tertiary/aromatic N) is 1. The molecule has 4 heteroatoms. The van der Waals surface area contributed by atoms with Crippen molar-refractivity contribution in [2.45, 2.75) is 0 Å². The number of carbonyl (C=O) groups is 1. The van der Waals surface area contributed by atoms with Gasteiger partial charge in [-0.15, -0.1) is 4.91 Å². The van der Waals surface area contributed by atoms with E-state index >= 15 is 0 Å². The van der Waals surface area contributed by atoms with Gasteiger partial charge < -0.3 is 5.32 Å². The smallest absolute Gasteiger partial charge is 0.150 e. The minimum Gasteiger partial charge on any atom is -0.388 e. The zero-order valence-corrected chi connectivity index (χ0v) is 6.57. The fraction of sp³-hybridized carbons (Fsp3) is 0.125. The van der Waals surface area contributed by atoms with Crippen molar-refractivity contribution in [3.63, 3.8) is 0 Å². The van der Waals surface area contributed by atoms with Crippen LogP contribution in [0.1, 0.15) is 10.4 Å². The average molecular weight is 164 g/mol. The third-order valence-corrected chi connectivity index (χ3v) is 1.47. The van der Waals surface area contributed by atoms with Crippen LogP contribution in [0.25, 0.3) is 0 Å². The number of nitrogens with one attached hydrogen (secondary N) is 1. The van der Waals surface area contributed by atoms with E-state index in [-0.39, 0.29) is 5.69 Å². The summed E-state index contributed by atoms with van der Waals surface area (Å²) in [7, 11) is 1.71. The first kappa shape index (κ1) is 8.39. The molecule has 0 amide bonds. The lowest BCUT2D eigenvalue weighted by atomic mass is 10.2. The summed E-state index contributed by atoms with van der Waals surface area (Å²) in [5.74, 6) is 0. The van der Waals surface area contributed by atoms with E-state index in [1.165, 1.54) is 6.07 Å². The zero-order chi connectivity index (χ0) is 8.97. The first-order valence-electron chi connectivity index (χ1n) is 3.41.